The Kier molecular flexibility index (Phi) is 4.53. The minimum Gasteiger partial charge on any atom is -0.349 e. The van der Waals surface area contributed by atoms with Crippen LogP contribution >= 0.6 is 0 Å². The topological polar surface area (TPSA) is 116 Å². The van der Waals surface area contributed by atoms with Crippen LogP contribution in [0.25, 0.3) is 0 Å². The molecule has 0 saturated heterocycles. The Morgan fingerprint density at radius 1 is 1.40 bits per heavy atom. The summed E-state index contributed by atoms with van der Waals surface area (Å²) in [6, 6.07) is 0. The van der Waals surface area contributed by atoms with Crippen LogP contribution < -0.4 is 10.0 Å². The van der Waals surface area contributed by atoms with Gasteiger partial charge in [0, 0.05) is 43.2 Å². The van der Waals surface area contributed by atoms with Gasteiger partial charge in [-0.15, -0.1) is 0 Å². The highest BCUT2D eigenvalue weighted by atomic mass is 32.2. The fourth-order valence-electron chi connectivity index (χ4n) is 1.84. The summed E-state index contributed by atoms with van der Waals surface area (Å²) >= 11 is 0. The largest absolute Gasteiger partial charge is 0.349 e. The minimum absolute atomic E-state index is 0.0452. The first-order valence-corrected chi connectivity index (χ1v) is 7.69. The van der Waals surface area contributed by atoms with E-state index in [1.165, 1.54) is 0 Å². The van der Waals surface area contributed by atoms with Crippen LogP contribution in [0.5, 0.6) is 0 Å². The van der Waals surface area contributed by atoms with E-state index >= 15 is 0 Å². The third kappa shape index (κ3) is 3.24. The second kappa shape index (κ2) is 6.16. The van der Waals surface area contributed by atoms with E-state index in [1.54, 1.807) is 26.4 Å². The number of aromatic amines is 2. The number of H-pyrrole nitrogens is 2. The Balaban J connectivity index is 2.06. The van der Waals surface area contributed by atoms with Gasteiger partial charge in [-0.3, -0.25) is 5.10 Å². The lowest BCUT2D eigenvalue weighted by Crippen LogP contribution is -2.28. The number of aryl methyl sites for hydroxylation is 1. The van der Waals surface area contributed by atoms with E-state index in [1.807, 2.05) is 0 Å². The molecular weight excluding hydrogens is 280 g/mol. The predicted octanol–water partition coefficient (Wildman–Crippen LogP) is -0.318. The van der Waals surface area contributed by atoms with Crippen LogP contribution in [0, 0.1) is 6.92 Å². The Bertz CT molecular complexity index is 647. The zero-order valence-corrected chi connectivity index (χ0v) is 12.2. The van der Waals surface area contributed by atoms with E-state index in [9.17, 15) is 8.42 Å². The van der Waals surface area contributed by atoms with Gasteiger partial charge < -0.3 is 10.3 Å². The summed E-state index contributed by atoms with van der Waals surface area (Å²) in [5.74, 6) is 0.737. The lowest BCUT2D eigenvalue weighted by atomic mass is 10.3. The Labute approximate surface area is 117 Å². The molecule has 9 heteroatoms. The number of imidazole rings is 1. The molecule has 2 rings (SSSR count). The zero-order chi connectivity index (χ0) is 14.6. The van der Waals surface area contributed by atoms with Crippen LogP contribution in [0.2, 0.25) is 0 Å². The quantitative estimate of drug-likeness (QED) is 0.559. The normalized spacial score (nSPS) is 11.9. The molecule has 0 amide bonds. The zero-order valence-electron chi connectivity index (χ0n) is 11.4. The van der Waals surface area contributed by atoms with E-state index in [0.29, 0.717) is 18.5 Å². The fraction of sp³-hybridized carbons (Fsp3) is 0.455. The number of hydrogen-bond donors (Lipinski definition) is 4. The summed E-state index contributed by atoms with van der Waals surface area (Å²) in [7, 11) is -1.86. The van der Waals surface area contributed by atoms with Gasteiger partial charge in [0.1, 0.15) is 5.82 Å². The van der Waals surface area contributed by atoms with Gasteiger partial charge in [-0.1, -0.05) is 0 Å². The monoisotopic (exact) mass is 298 g/mol. The molecule has 0 aliphatic heterocycles. The maximum Gasteiger partial charge on any atom is 0.260 e. The smallest absolute Gasteiger partial charge is 0.260 e. The van der Waals surface area contributed by atoms with E-state index in [0.717, 1.165) is 11.5 Å². The molecule has 0 atom stereocenters. The van der Waals surface area contributed by atoms with E-state index in [4.69, 9.17) is 0 Å². The van der Waals surface area contributed by atoms with Crippen molar-refractivity contribution in [1.82, 2.24) is 30.2 Å². The molecule has 4 N–H and O–H groups in total. The summed E-state index contributed by atoms with van der Waals surface area (Å²) in [6.45, 7) is 2.50. The predicted molar refractivity (Wildman–Crippen MR) is 73.6 cm³/mol. The highest BCUT2D eigenvalue weighted by Crippen LogP contribution is 2.15. The van der Waals surface area contributed by atoms with Crippen molar-refractivity contribution in [3.63, 3.8) is 0 Å². The molecule has 0 aliphatic carbocycles. The highest BCUT2D eigenvalue weighted by molar-refractivity contribution is 7.89. The van der Waals surface area contributed by atoms with Crippen LogP contribution in [0.3, 0.4) is 0 Å². The van der Waals surface area contributed by atoms with Gasteiger partial charge >= 0.3 is 0 Å². The summed E-state index contributed by atoms with van der Waals surface area (Å²) in [5.41, 5.74) is 1.39. The molecule has 2 heterocycles. The van der Waals surface area contributed by atoms with E-state index in [2.05, 4.69) is 30.2 Å². The Morgan fingerprint density at radius 3 is 2.85 bits per heavy atom. The molecule has 0 spiro atoms. The Hall–Kier alpha value is -1.71. The van der Waals surface area contributed by atoms with E-state index in [-0.39, 0.29) is 11.6 Å². The number of nitrogens with one attached hydrogen (secondary N) is 4. The molecule has 0 aliphatic rings. The molecule has 0 fully saturated rings. The SMILES string of the molecule is CNCc1c(S(=O)(=O)NCCc2ncc[nH]2)n[nH]c1C. The van der Waals surface area contributed by atoms with Crippen molar-refractivity contribution in [1.29, 1.82) is 0 Å². The minimum atomic E-state index is -3.62. The van der Waals surface area contributed by atoms with Gasteiger partial charge in [0.15, 0.2) is 5.03 Å². The number of sulfonamides is 1. The van der Waals surface area contributed by atoms with Gasteiger partial charge in [0.05, 0.1) is 0 Å². The summed E-state index contributed by atoms with van der Waals surface area (Å²) in [4.78, 5) is 6.96. The molecule has 8 nitrogen and oxygen atoms in total. The van der Waals surface area contributed by atoms with Crippen LogP contribution in [0.1, 0.15) is 17.1 Å². The van der Waals surface area contributed by atoms with Crippen molar-refractivity contribution in [3.05, 3.63) is 29.5 Å². The molecule has 0 saturated carbocycles. The first-order valence-electron chi connectivity index (χ1n) is 6.21. The second-order valence-corrected chi connectivity index (χ2v) is 6.03. The number of nitrogens with zero attached hydrogens (tertiary/aromatic N) is 2. The van der Waals surface area contributed by atoms with Gasteiger partial charge in [-0.25, -0.2) is 18.1 Å². The van der Waals surface area contributed by atoms with Crippen LogP contribution in [0.4, 0.5) is 0 Å². The van der Waals surface area contributed by atoms with Crippen LogP contribution in [-0.2, 0) is 23.0 Å². The fourth-order valence-corrected chi connectivity index (χ4v) is 3.07. The molecule has 0 aromatic carbocycles. The number of aromatic nitrogens is 4. The maximum absolute atomic E-state index is 12.2. The standard InChI is InChI=1S/C11H18N6O2S/c1-8-9(7-12-2)11(17-16-8)20(18,19)15-4-3-10-13-5-6-14-10/h5-6,12,15H,3-4,7H2,1-2H3,(H,13,14)(H,16,17). The third-order valence-corrected chi connectivity index (χ3v) is 4.28. The van der Waals surface area contributed by atoms with Crippen LogP contribution in [0.15, 0.2) is 17.4 Å². The first-order chi connectivity index (χ1) is 9.54. The maximum atomic E-state index is 12.2. The van der Waals surface area contributed by atoms with Gasteiger partial charge in [0.2, 0.25) is 0 Å². The van der Waals surface area contributed by atoms with Crippen molar-refractivity contribution in [3.8, 4) is 0 Å². The molecule has 0 unspecified atom stereocenters. The lowest BCUT2D eigenvalue weighted by Gasteiger charge is -2.06. The van der Waals surface area contributed by atoms with Crippen molar-refractivity contribution in [2.45, 2.75) is 24.9 Å². The molecular formula is C11H18N6O2S. The summed E-state index contributed by atoms with van der Waals surface area (Å²) in [6.07, 6.45) is 3.83. The average molecular weight is 298 g/mol. The summed E-state index contributed by atoms with van der Waals surface area (Å²) in [5, 5.41) is 9.57. The molecule has 20 heavy (non-hydrogen) atoms. The highest BCUT2D eigenvalue weighted by Gasteiger charge is 2.22. The second-order valence-electron chi connectivity index (χ2n) is 4.35. The molecule has 0 radical (unpaired) electrons. The van der Waals surface area contributed by atoms with Crippen molar-refractivity contribution in [2.75, 3.05) is 13.6 Å². The molecule has 2 aromatic rings. The average Bonchev–Trinajstić information content (AvgIpc) is 3.01. The van der Waals surface area contributed by atoms with Gasteiger partial charge in [0.25, 0.3) is 10.0 Å². The van der Waals surface area contributed by atoms with Gasteiger partial charge in [-0.2, -0.15) is 5.10 Å². The van der Waals surface area contributed by atoms with Crippen molar-refractivity contribution >= 4 is 10.0 Å². The number of rotatable bonds is 7. The third-order valence-electron chi connectivity index (χ3n) is 2.85. The van der Waals surface area contributed by atoms with Crippen molar-refractivity contribution < 1.29 is 8.42 Å². The van der Waals surface area contributed by atoms with Crippen molar-refractivity contribution in [2.24, 2.45) is 0 Å². The molecule has 110 valence electrons. The first kappa shape index (κ1) is 14.7. The number of hydrogen-bond acceptors (Lipinski definition) is 5. The van der Waals surface area contributed by atoms with Gasteiger partial charge in [-0.05, 0) is 14.0 Å². The Morgan fingerprint density at radius 2 is 2.20 bits per heavy atom. The lowest BCUT2D eigenvalue weighted by molar-refractivity contribution is 0.574. The summed E-state index contributed by atoms with van der Waals surface area (Å²) < 4.78 is 27.0. The van der Waals surface area contributed by atoms with E-state index < -0.39 is 10.0 Å². The molecule has 2 aromatic heterocycles. The van der Waals surface area contributed by atoms with Crippen LogP contribution in [-0.4, -0.2) is 42.2 Å². The molecule has 0 bridgehead atoms.